The molecular formula is C17H25N2O8S4+. The van der Waals surface area contributed by atoms with E-state index in [9.17, 15) is 19.2 Å². The lowest BCUT2D eigenvalue weighted by Gasteiger charge is -2.16. The van der Waals surface area contributed by atoms with Crippen molar-refractivity contribution in [2.45, 2.75) is 25.3 Å². The fourth-order valence-electron chi connectivity index (χ4n) is 2.28. The van der Waals surface area contributed by atoms with Crippen molar-refractivity contribution in [3.8, 4) is 0 Å². The van der Waals surface area contributed by atoms with Crippen molar-refractivity contribution in [1.29, 1.82) is 0 Å². The molecule has 0 aliphatic heterocycles. The maximum absolute atomic E-state index is 11.6. The minimum Gasteiger partial charge on any atom is -0.461 e. The van der Waals surface area contributed by atoms with Crippen LogP contribution in [0.4, 0.5) is 0 Å². The van der Waals surface area contributed by atoms with Crippen LogP contribution in [0.1, 0.15) is 0 Å². The van der Waals surface area contributed by atoms with E-state index in [2.05, 4.69) is 50.5 Å². The number of carbonyl (C=O) groups is 4. The summed E-state index contributed by atoms with van der Waals surface area (Å²) in [7, 11) is 0. The van der Waals surface area contributed by atoms with Gasteiger partial charge >= 0.3 is 23.9 Å². The third-order valence-corrected chi connectivity index (χ3v) is 4.58. The molecule has 1 aromatic rings. The molecule has 31 heavy (non-hydrogen) atoms. The minimum atomic E-state index is -0.738. The molecule has 0 aliphatic carbocycles. The Morgan fingerprint density at radius 1 is 0.774 bits per heavy atom. The number of imidazole rings is 1. The molecule has 2 unspecified atom stereocenters. The Hall–Kier alpha value is -1.51. The molecule has 0 radical (unpaired) electrons. The Labute approximate surface area is 201 Å². The summed E-state index contributed by atoms with van der Waals surface area (Å²) in [6, 6.07) is 0. The van der Waals surface area contributed by atoms with Gasteiger partial charge in [0.25, 0.3) is 0 Å². The monoisotopic (exact) mass is 513 g/mol. The van der Waals surface area contributed by atoms with Crippen molar-refractivity contribution in [3.63, 3.8) is 0 Å². The van der Waals surface area contributed by atoms with E-state index >= 15 is 0 Å². The fraction of sp³-hybridized carbons (Fsp3) is 0.588. The Morgan fingerprint density at radius 3 is 1.77 bits per heavy atom. The van der Waals surface area contributed by atoms with E-state index in [0.717, 1.165) is 0 Å². The molecule has 0 spiro atoms. The van der Waals surface area contributed by atoms with Crippen LogP contribution >= 0.6 is 50.5 Å². The SMILES string of the molecule is O=C(CS)OCC(Cn1cc[n+](CC(COC(=O)CS)OC(=O)CS)c1)OC(=O)CS. The molecule has 0 amide bonds. The first kappa shape index (κ1) is 27.5. The highest BCUT2D eigenvalue weighted by molar-refractivity contribution is 7.81. The van der Waals surface area contributed by atoms with Gasteiger partial charge in [-0.3, -0.25) is 19.2 Å². The summed E-state index contributed by atoms with van der Waals surface area (Å²) < 4.78 is 23.9. The van der Waals surface area contributed by atoms with Crippen molar-refractivity contribution < 1.29 is 42.7 Å². The third-order valence-electron chi connectivity index (χ3n) is 3.55. The summed E-state index contributed by atoms with van der Waals surface area (Å²) in [5.74, 6) is -2.62. The molecule has 0 N–H and O–H groups in total. The molecule has 1 rings (SSSR count). The summed E-state index contributed by atoms with van der Waals surface area (Å²) in [6.07, 6.45) is 3.58. The van der Waals surface area contributed by atoms with Crippen LogP contribution in [0.2, 0.25) is 0 Å². The van der Waals surface area contributed by atoms with Gasteiger partial charge in [-0.1, -0.05) is 0 Å². The normalized spacial score (nSPS) is 12.5. The van der Waals surface area contributed by atoms with Gasteiger partial charge in [0.2, 0.25) is 6.33 Å². The molecule has 1 heterocycles. The van der Waals surface area contributed by atoms with E-state index in [0.29, 0.717) is 0 Å². The molecule has 0 aromatic carbocycles. The molecule has 0 saturated carbocycles. The first-order chi connectivity index (χ1) is 14.8. The van der Waals surface area contributed by atoms with Crippen molar-refractivity contribution in [3.05, 3.63) is 18.7 Å². The smallest absolute Gasteiger partial charge is 0.316 e. The van der Waals surface area contributed by atoms with Crippen LogP contribution in [-0.2, 0) is 51.2 Å². The third kappa shape index (κ3) is 11.6. The van der Waals surface area contributed by atoms with Crippen LogP contribution in [0.15, 0.2) is 18.7 Å². The van der Waals surface area contributed by atoms with Crippen molar-refractivity contribution in [2.24, 2.45) is 0 Å². The second kappa shape index (κ2) is 15.3. The van der Waals surface area contributed by atoms with Gasteiger partial charge < -0.3 is 18.9 Å². The van der Waals surface area contributed by atoms with Gasteiger partial charge in [-0.25, -0.2) is 9.13 Å². The lowest BCUT2D eigenvalue weighted by atomic mass is 10.3. The Balaban J connectivity index is 2.78. The molecule has 10 nitrogen and oxygen atoms in total. The number of thiol groups is 4. The standard InChI is InChI=1S/C17H24N2O8S4/c20-14(7-28)24-5-12(26-16(22)9-30)3-18-1-2-19(11-18)4-13(27-17(23)10-31)6-25-15(21)8-29/h1-2,11-13H,3-10H2,(H3-,28,29,30,31)/p+1. The highest BCUT2D eigenvalue weighted by Crippen LogP contribution is 2.03. The first-order valence-electron chi connectivity index (χ1n) is 8.99. The van der Waals surface area contributed by atoms with E-state index in [-0.39, 0.29) is 49.3 Å². The van der Waals surface area contributed by atoms with Gasteiger partial charge in [-0.15, -0.1) is 0 Å². The molecular weight excluding hydrogens is 488 g/mol. The van der Waals surface area contributed by atoms with Crippen LogP contribution in [0, 0.1) is 0 Å². The number of hydrogen-bond acceptors (Lipinski definition) is 12. The summed E-state index contributed by atoms with van der Waals surface area (Å²) in [6.45, 7) is 0.113. The van der Waals surface area contributed by atoms with E-state index in [1.54, 1.807) is 27.9 Å². The molecule has 0 bridgehead atoms. The summed E-state index contributed by atoms with van der Waals surface area (Å²) in [5, 5.41) is 0. The van der Waals surface area contributed by atoms with Gasteiger partial charge in [0.05, 0.1) is 23.0 Å². The van der Waals surface area contributed by atoms with Crippen LogP contribution in [0.5, 0.6) is 0 Å². The maximum atomic E-state index is 11.6. The number of esters is 4. The predicted octanol–water partition coefficient (Wildman–Crippen LogP) is -0.595. The van der Waals surface area contributed by atoms with E-state index in [4.69, 9.17) is 18.9 Å². The quantitative estimate of drug-likeness (QED) is 0.113. The molecule has 0 saturated heterocycles. The van der Waals surface area contributed by atoms with Gasteiger partial charge in [-0.2, -0.15) is 50.5 Å². The average molecular weight is 514 g/mol. The number of carbonyl (C=O) groups excluding carboxylic acids is 4. The first-order valence-corrected chi connectivity index (χ1v) is 11.5. The Kier molecular flexibility index (Phi) is 13.6. The van der Waals surface area contributed by atoms with Crippen molar-refractivity contribution in [2.75, 3.05) is 36.2 Å². The zero-order chi connectivity index (χ0) is 23.2. The minimum absolute atomic E-state index is 0.0963. The van der Waals surface area contributed by atoms with Crippen molar-refractivity contribution >= 4 is 74.4 Å². The molecule has 2 atom stereocenters. The zero-order valence-electron chi connectivity index (χ0n) is 16.5. The number of nitrogens with zero attached hydrogens (tertiary/aromatic N) is 2. The predicted molar refractivity (Wildman–Crippen MR) is 122 cm³/mol. The van der Waals surface area contributed by atoms with Gasteiger partial charge in [0.1, 0.15) is 38.7 Å². The average Bonchev–Trinajstić information content (AvgIpc) is 3.21. The second-order valence-corrected chi connectivity index (χ2v) is 7.29. The number of ether oxygens (including phenoxy) is 4. The Morgan fingerprint density at radius 2 is 1.26 bits per heavy atom. The van der Waals surface area contributed by atoms with Gasteiger partial charge in [0, 0.05) is 0 Å². The van der Waals surface area contributed by atoms with Gasteiger partial charge in [0.15, 0.2) is 12.2 Å². The largest absolute Gasteiger partial charge is 0.461 e. The lowest BCUT2D eigenvalue weighted by Crippen LogP contribution is -2.43. The van der Waals surface area contributed by atoms with E-state index < -0.39 is 36.1 Å². The number of aromatic nitrogens is 2. The molecule has 14 heteroatoms. The maximum Gasteiger partial charge on any atom is 0.316 e. The molecule has 0 aliphatic rings. The summed E-state index contributed by atoms with van der Waals surface area (Å²) in [5.41, 5.74) is 0. The lowest BCUT2D eigenvalue weighted by molar-refractivity contribution is -0.703. The fourth-order valence-corrected chi connectivity index (χ4v) is 2.61. The van der Waals surface area contributed by atoms with Crippen LogP contribution in [0.3, 0.4) is 0 Å². The molecule has 174 valence electrons. The summed E-state index contributed by atoms with van der Waals surface area (Å²) in [4.78, 5) is 45.9. The van der Waals surface area contributed by atoms with Crippen LogP contribution < -0.4 is 4.57 Å². The van der Waals surface area contributed by atoms with E-state index in [1.165, 1.54) is 0 Å². The second-order valence-electron chi connectivity index (χ2n) is 6.03. The number of hydrogen-bond donors (Lipinski definition) is 4. The Bertz CT molecular complexity index is 687. The zero-order valence-corrected chi connectivity index (χ0v) is 20.1. The topological polar surface area (TPSA) is 114 Å². The highest BCUT2D eigenvalue weighted by Gasteiger charge is 2.22. The van der Waals surface area contributed by atoms with E-state index in [1.807, 2.05) is 0 Å². The van der Waals surface area contributed by atoms with Crippen molar-refractivity contribution in [1.82, 2.24) is 4.57 Å². The number of rotatable bonds is 14. The summed E-state index contributed by atoms with van der Waals surface area (Å²) >= 11 is 15.4. The van der Waals surface area contributed by atoms with Gasteiger partial charge in [-0.05, 0) is 0 Å². The molecule has 0 fully saturated rings. The highest BCUT2D eigenvalue weighted by atomic mass is 32.1. The van der Waals surface area contributed by atoms with Crippen LogP contribution in [0.25, 0.3) is 0 Å². The molecule has 1 aromatic heterocycles. The van der Waals surface area contributed by atoms with Crippen LogP contribution in [-0.4, -0.2) is 76.9 Å².